The van der Waals surface area contributed by atoms with Crippen LogP contribution in [0.4, 0.5) is 4.39 Å². The van der Waals surface area contributed by atoms with Crippen LogP contribution in [0.25, 0.3) is 0 Å². The lowest BCUT2D eigenvalue weighted by Crippen LogP contribution is -2.29. The summed E-state index contributed by atoms with van der Waals surface area (Å²) in [4.78, 5) is 18.4. The van der Waals surface area contributed by atoms with Crippen LogP contribution in [0.5, 0.6) is 5.75 Å². The second kappa shape index (κ2) is 7.99. The topological polar surface area (TPSA) is 68.5 Å². The Hall–Kier alpha value is -3.22. The highest BCUT2D eigenvalue weighted by Gasteiger charge is 2.19. The largest absolute Gasteiger partial charge is 0.485 e. The number of hydrogen-bond acceptors (Lipinski definition) is 5. The third-order valence-electron chi connectivity index (χ3n) is 4.29. The molecular formula is C20H20FN3O3. The van der Waals surface area contributed by atoms with Gasteiger partial charge in [-0.3, -0.25) is 4.79 Å². The molecule has 0 aliphatic heterocycles. The van der Waals surface area contributed by atoms with Crippen molar-refractivity contribution in [2.24, 2.45) is 0 Å². The maximum absolute atomic E-state index is 13.1. The van der Waals surface area contributed by atoms with Gasteiger partial charge < -0.3 is 14.2 Å². The van der Waals surface area contributed by atoms with Crippen LogP contribution in [0.15, 0.2) is 53.1 Å². The van der Waals surface area contributed by atoms with E-state index in [1.807, 2.05) is 6.92 Å². The number of rotatable bonds is 6. The molecule has 0 N–H and O–H groups in total. The second-order valence-corrected chi connectivity index (χ2v) is 6.19. The van der Waals surface area contributed by atoms with Crippen molar-refractivity contribution >= 4 is 5.91 Å². The van der Waals surface area contributed by atoms with Gasteiger partial charge in [-0.15, -0.1) is 0 Å². The molecule has 0 radical (unpaired) electrons. The quantitative estimate of drug-likeness (QED) is 0.658. The van der Waals surface area contributed by atoms with Gasteiger partial charge in [0.25, 0.3) is 5.91 Å². The Bertz CT molecular complexity index is 907. The Morgan fingerprint density at radius 3 is 2.44 bits per heavy atom. The van der Waals surface area contributed by atoms with E-state index in [1.54, 1.807) is 55.3 Å². The minimum atomic E-state index is -0.300. The standard InChI is InChI=1S/C20H20FN3O3/c1-13(15-4-8-17(21)9-5-15)24(3)20(25)16-6-10-18(11-7-16)26-12-19-22-14(2)27-23-19/h4-11,13H,12H2,1-3H3. The smallest absolute Gasteiger partial charge is 0.254 e. The van der Waals surface area contributed by atoms with E-state index in [-0.39, 0.29) is 24.4 Å². The molecule has 0 saturated heterocycles. The van der Waals surface area contributed by atoms with Crippen molar-refractivity contribution in [2.45, 2.75) is 26.5 Å². The van der Waals surface area contributed by atoms with Gasteiger partial charge >= 0.3 is 0 Å². The molecule has 140 valence electrons. The fraction of sp³-hybridized carbons (Fsp3) is 0.250. The minimum Gasteiger partial charge on any atom is -0.485 e. The first-order chi connectivity index (χ1) is 12.9. The lowest BCUT2D eigenvalue weighted by atomic mass is 10.1. The molecule has 27 heavy (non-hydrogen) atoms. The number of ether oxygens (including phenoxy) is 1. The summed E-state index contributed by atoms with van der Waals surface area (Å²) in [6.07, 6.45) is 0. The number of amides is 1. The predicted molar refractivity (Wildman–Crippen MR) is 96.7 cm³/mol. The van der Waals surface area contributed by atoms with Gasteiger partial charge in [-0.25, -0.2) is 4.39 Å². The molecule has 0 aliphatic rings. The van der Waals surface area contributed by atoms with E-state index in [4.69, 9.17) is 9.26 Å². The van der Waals surface area contributed by atoms with Crippen molar-refractivity contribution in [3.8, 4) is 5.75 Å². The van der Waals surface area contributed by atoms with Gasteiger partial charge in [-0.1, -0.05) is 17.3 Å². The van der Waals surface area contributed by atoms with Crippen LogP contribution in [0, 0.1) is 12.7 Å². The summed E-state index contributed by atoms with van der Waals surface area (Å²) in [5.41, 5.74) is 1.40. The molecule has 2 aromatic carbocycles. The van der Waals surface area contributed by atoms with Gasteiger partial charge in [-0.2, -0.15) is 4.98 Å². The van der Waals surface area contributed by atoms with E-state index in [2.05, 4.69) is 10.1 Å². The molecule has 0 aliphatic carbocycles. The summed E-state index contributed by atoms with van der Waals surface area (Å²) < 4.78 is 23.5. The zero-order chi connectivity index (χ0) is 19.4. The highest BCUT2D eigenvalue weighted by atomic mass is 19.1. The van der Waals surface area contributed by atoms with Crippen molar-refractivity contribution in [1.82, 2.24) is 15.0 Å². The first-order valence-electron chi connectivity index (χ1n) is 8.48. The van der Waals surface area contributed by atoms with Crippen LogP contribution >= 0.6 is 0 Å². The molecule has 0 spiro atoms. The molecule has 1 unspecified atom stereocenters. The molecule has 0 bridgehead atoms. The van der Waals surface area contributed by atoms with Gasteiger partial charge in [0.2, 0.25) is 11.7 Å². The fourth-order valence-corrected chi connectivity index (χ4v) is 2.59. The molecule has 1 amide bonds. The number of aryl methyl sites for hydroxylation is 1. The number of nitrogens with zero attached hydrogens (tertiary/aromatic N) is 3. The Labute approximate surface area is 156 Å². The van der Waals surface area contributed by atoms with E-state index < -0.39 is 0 Å². The number of benzene rings is 2. The average Bonchev–Trinajstić information content (AvgIpc) is 3.11. The summed E-state index contributed by atoms with van der Waals surface area (Å²) in [5.74, 6) is 1.11. The van der Waals surface area contributed by atoms with E-state index in [9.17, 15) is 9.18 Å². The van der Waals surface area contributed by atoms with E-state index in [0.29, 0.717) is 23.0 Å². The number of hydrogen-bond donors (Lipinski definition) is 0. The molecule has 0 fully saturated rings. The van der Waals surface area contributed by atoms with Crippen molar-refractivity contribution in [3.63, 3.8) is 0 Å². The number of halogens is 1. The van der Waals surface area contributed by atoms with Crippen LogP contribution < -0.4 is 4.74 Å². The van der Waals surface area contributed by atoms with Gasteiger partial charge in [0, 0.05) is 19.5 Å². The maximum Gasteiger partial charge on any atom is 0.254 e. The van der Waals surface area contributed by atoms with Crippen LogP contribution in [0.3, 0.4) is 0 Å². The third kappa shape index (κ3) is 4.49. The Morgan fingerprint density at radius 2 is 1.85 bits per heavy atom. The molecular weight excluding hydrogens is 349 g/mol. The molecule has 1 aromatic heterocycles. The number of carbonyl (C=O) groups excluding carboxylic acids is 1. The molecule has 3 aromatic rings. The van der Waals surface area contributed by atoms with Crippen LogP contribution in [0.2, 0.25) is 0 Å². The summed E-state index contributed by atoms with van der Waals surface area (Å²) >= 11 is 0. The highest BCUT2D eigenvalue weighted by molar-refractivity contribution is 5.94. The summed E-state index contributed by atoms with van der Waals surface area (Å²) in [5, 5.41) is 3.76. The summed E-state index contributed by atoms with van der Waals surface area (Å²) in [7, 11) is 1.72. The Kier molecular flexibility index (Phi) is 5.49. The van der Waals surface area contributed by atoms with Crippen LogP contribution in [-0.2, 0) is 6.61 Å². The average molecular weight is 369 g/mol. The van der Waals surface area contributed by atoms with Crippen molar-refractivity contribution in [3.05, 3.63) is 77.2 Å². The van der Waals surface area contributed by atoms with Crippen molar-refractivity contribution in [1.29, 1.82) is 0 Å². The van der Waals surface area contributed by atoms with E-state index in [1.165, 1.54) is 12.1 Å². The van der Waals surface area contributed by atoms with Gasteiger partial charge in [-0.05, 0) is 48.9 Å². The first kappa shape index (κ1) is 18.6. The Balaban J connectivity index is 1.63. The molecule has 3 rings (SSSR count). The highest BCUT2D eigenvalue weighted by Crippen LogP contribution is 2.22. The van der Waals surface area contributed by atoms with Crippen LogP contribution in [-0.4, -0.2) is 28.0 Å². The molecule has 7 heteroatoms. The molecule has 1 heterocycles. The van der Waals surface area contributed by atoms with E-state index >= 15 is 0 Å². The molecule has 6 nitrogen and oxygen atoms in total. The lowest BCUT2D eigenvalue weighted by molar-refractivity contribution is 0.0742. The van der Waals surface area contributed by atoms with Crippen LogP contribution in [0.1, 0.15) is 40.6 Å². The zero-order valence-corrected chi connectivity index (χ0v) is 15.3. The maximum atomic E-state index is 13.1. The second-order valence-electron chi connectivity index (χ2n) is 6.19. The summed E-state index contributed by atoms with van der Waals surface area (Å²) in [6, 6.07) is 12.8. The number of carbonyl (C=O) groups is 1. The zero-order valence-electron chi connectivity index (χ0n) is 15.3. The van der Waals surface area contributed by atoms with Gasteiger partial charge in [0.15, 0.2) is 6.61 Å². The van der Waals surface area contributed by atoms with E-state index in [0.717, 1.165) is 5.56 Å². The van der Waals surface area contributed by atoms with Crippen molar-refractivity contribution in [2.75, 3.05) is 7.05 Å². The first-order valence-corrected chi connectivity index (χ1v) is 8.48. The normalized spacial score (nSPS) is 11.9. The monoisotopic (exact) mass is 369 g/mol. The van der Waals surface area contributed by atoms with Gasteiger partial charge in [0.1, 0.15) is 11.6 Å². The van der Waals surface area contributed by atoms with Gasteiger partial charge in [0.05, 0.1) is 6.04 Å². The predicted octanol–water partition coefficient (Wildman–Crippen LogP) is 3.93. The van der Waals surface area contributed by atoms with Crippen molar-refractivity contribution < 1.29 is 18.4 Å². The SMILES string of the molecule is Cc1nc(COc2ccc(C(=O)N(C)C(C)c3ccc(F)cc3)cc2)no1. The lowest BCUT2D eigenvalue weighted by Gasteiger charge is -2.25. The molecule has 0 saturated carbocycles. The Morgan fingerprint density at radius 1 is 1.19 bits per heavy atom. The summed E-state index contributed by atoms with van der Waals surface area (Å²) in [6.45, 7) is 3.79. The minimum absolute atomic E-state index is 0.132. The molecule has 1 atom stereocenters. The fourth-order valence-electron chi connectivity index (χ4n) is 2.59. The number of aromatic nitrogens is 2. The third-order valence-corrected chi connectivity index (χ3v) is 4.29.